The van der Waals surface area contributed by atoms with Crippen molar-refractivity contribution in [1.82, 2.24) is 4.48 Å². The highest BCUT2D eigenvalue weighted by molar-refractivity contribution is 7.24. The highest BCUT2D eigenvalue weighted by atomic mass is 32.1. The molecular weight excluding hydrogens is 503 g/mol. The molecule has 5 heterocycles. The number of fused-ring (bicyclic) bond motifs is 2. The number of anilines is 1. The van der Waals surface area contributed by atoms with Gasteiger partial charge in [-0.15, -0.1) is 22.7 Å². The predicted octanol–water partition coefficient (Wildman–Crippen LogP) is 8.06. The molecule has 4 aromatic rings. The van der Waals surface area contributed by atoms with E-state index < -0.39 is 6.97 Å². The number of aryl methyl sites for hydroxylation is 2. The summed E-state index contributed by atoms with van der Waals surface area (Å²) >= 11 is 3.43. The van der Waals surface area contributed by atoms with Gasteiger partial charge in [-0.3, -0.25) is 0 Å². The molecule has 0 saturated carbocycles. The summed E-state index contributed by atoms with van der Waals surface area (Å²) in [5.41, 5.74) is 7.48. The fourth-order valence-corrected chi connectivity index (χ4v) is 7.84. The van der Waals surface area contributed by atoms with E-state index in [1.807, 2.05) is 40.1 Å². The molecule has 0 saturated heterocycles. The molecule has 6 rings (SSSR count). The smallest absolute Gasteiger partial charge is 0.393 e. The lowest BCUT2D eigenvalue weighted by Gasteiger charge is -2.33. The zero-order chi connectivity index (χ0) is 26.2. The number of benzene rings is 1. The van der Waals surface area contributed by atoms with Crippen LogP contribution in [0.1, 0.15) is 35.7 Å². The first-order chi connectivity index (χ1) is 17.6. The van der Waals surface area contributed by atoms with Crippen molar-refractivity contribution in [1.29, 1.82) is 0 Å². The number of aromatic nitrogens is 1. The van der Waals surface area contributed by atoms with E-state index in [0.29, 0.717) is 22.8 Å². The Kier molecular flexibility index (Phi) is 5.48. The van der Waals surface area contributed by atoms with E-state index in [4.69, 9.17) is 0 Å². The van der Waals surface area contributed by atoms with E-state index in [1.54, 1.807) is 36.5 Å². The number of halogens is 2. The Morgan fingerprint density at radius 2 is 1.41 bits per heavy atom. The van der Waals surface area contributed by atoms with Crippen LogP contribution in [0.3, 0.4) is 0 Å². The quantitative estimate of drug-likeness (QED) is 0.243. The van der Waals surface area contributed by atoms with Crippen molar-refractivity contribution < 1.29 is 13.1 Å². The zero-order valence-electron chi connectivity index (χ0n) is 21.8. The molecule has 3 nitrogen and oxygen atoms in total. The third-order valence-corrected chi connectivity index (χ3v) is 9.74. The first-order valence-electron chi connectivity index (χ1n) is 12.3. The lowest BCUT2D eigenvalue weighted by molar-refractivity contribution is -0.363. The van der Waals surface area contributed by atoms with Crippen LogP contribution in [0.4, 0.5) is 14.3 Å². The molecule has 0 atom stereocenters. The Balaban J connectivity index is 1.45. The highest BCUT2D eigenvalue weighted by Gasteiger charge is 2.55. The van der Waals surface area contributed by atoms with Crippen LogP contribution in [0.15, 0.2) is 71.9 Å². The number of nitrogens with zero attached hydrogens (tertiary/aromatic N) is 3. The van der Waals surface area contributed by atoms with Crippen molar-refractivity contribution in [2.45, 2.75) is 27.7 Å². The minimum atomic E-state index is -3.96. The lowest BCUT2D eigenvalue weighted by atomic mass is 9.85. The van der Waals surface area contributed by atoms with Gasteiger partial charge in [0.2, 0.25) is 0 Å². The second kappa shape index (κ2) is 8.40. The zero-order valence-corrected chi connectivity index (χ0v) is 23.4. The molecule has 0 radical (unpaired) electrons. The minimum absolute atomic E-state index is 0.589. The molecule has 1 aromatic carbocycles. The third-order valence-electron chi connectivity index (χ3n) is 7.30. The number of hydrogen-bond donors (Lipinski definition) is 0. The van der Waals surface area contributed by atoms with Crippen molar-refractivity contribution in [3.63, 3.8) is 0 Å². The van der Waals surface area contributed by atoms with E-state index >= 15 is 8.63 Å². The Labute approximate surface area is 224 Å². The maximum Gasteiger partial charge on any atom is 0.737 e. The molecule has 0 N–H and O–H groups in total. The summed E-state index contributed by atoms with van der Waals surface area (Å²) < 4.78 is 34.4. The summed E-state index contributed by atoms with van der Waals surface area (Å²) in [5, 5.41) is 0. The fourth-order valence-electron chi connectivity index (χ4n) is 5.69. The molecule has 0 unspecified atom stereocenters. The summed E-state index contributed by atoms with van der Waals surface area (Å²) in [6, 6.07) is 19.0. The molecule has 0 aliphatic carbocycles. The molecule has 0 spiro atoms. The highest BCUT2D eigenvalue weighted by Crippen LogP contribution is 2.47. The van der Waals surface area contributed by atoms with Crippen LogP contribution in [0.5, 0.6) is 0 Å². The van der Waals surface area contributed by atoms with Crippen LogP contribution in [0.25, 0.3) is 25.8 Å². The lowest BCUT2D eigenvalue weighted by Crippen LogP contribution is -2.51. The van der Waals surface area contributed by atoms with Gasteiger partial charge in [0, 0.05) is 63.6 Å². The van der Waals surface area contributed by atoms with E-state index in [9.17, 15) is 0 Å². The summed E-state index contributed by atoms with van der Waals surface area (Å²) in [6.45, 7) is 3.47. The summed E-state index contributed by atoms with van der Waals surface area (Å²) in [7, 11) is 4.08. The molecule has 37 heavy (non-hydrogen) atoms. The Hall–Kier alpha value is -3.23. The van der Waals surface area contributed by atoms with Crippen LogP contribution in [-0.4, -0.2) is 35.7 Å². The van der Waals surface area contributed by atoms with Gasteiger partial charge in [0.25, 0.3) is 0 Å². The van der Waals surface area contributed by atoms with Gasteiger partial charge in [-0.25, -0.2) is 0 Å². The monoisotopic (exact) mass is 531 g/mol. The summed E-state index contributed by atoms with van der Waals surface area (Å²) in [6.07, 6.45) is 1.88. The van der Waals surface area contributed by atoms with Crippen LogP contribution >= 0.6 is 22.7 Å². The van der Waals surface area contributed by atoms with Gasteiger partial charge in [-0.05, 0) is 80.1 Å². The molecule has 3 aromatic heterocycles. The Morgan fingerprint density at radius 1 is 0.811 bits per heavy atom. The van der Waals surface area contributed by atoms with Crippen LogP contribution in [0.2, 0.25) is 0 Å². The summed E-state index contributed by atoms with van der Waals surface area (Å²) in [4.78, 5) is 6.64. The van der Waals surface area contributed by atoms with Gasteiger partial charge in [-0.1, -0.05) is 12.1 Å². The molecule has 188 valence electrons. The van der Waals surface area contributed by atoms with Crippen LogP contribution < -0.4 is 4.90 Å². The standard InChI is InChI=1S/C29H28BF2N3S2/c1-17-15-19(3)34-28(17)27(29-18(2)16-20(4)35(29)30(34,31)32)26-14-13-25(37-26)24-12-11-23(36-24)21-7-9-22(10-8-21)33(5)6/h7-16H,1-6H3. The molecular formula is C29H28BF2N3S2. The number of rotatable bonds is 4. The molecule has 2 aliphatic rings. The number of allylic oxidation sites excluding steroid dienone is 2. The normalized spacial score (nSPS) is 16.3. The molecule has 2 aliphatic heterocycles. The van der Waals surface area contributed by atoms with Gasteiger partial charge in [-0.2, -0.15) is 0 Å². The SMILES string of the molecule is CC1=CC(C)=[N+]2C1=C(c1ccc(-c3ccc(-c4ccc(N(C)C)cc4)s3)s1)c1c(C)cc(C)n1[B-]2(F)F. The minimum Gasteiger partial charge on any atom is -0.393 e. The summed E-state index contributed by atoms with van der Waals surface area (Å²) in [5.74, 6) is 0. The van der Waals surface area contributed by atoms with Gasteiger partial charge in [0.05, 0.1) is 5.57 Å². The van der Waals surface area contributed by atoms with E-state index in [-0.39, 0.29) is 0 Å². The van der Waals surface area contributed by atoms with Gasteiger partial charge in [0.1, 0.15) is 5.71 Å². The first kappa shape index (κ1) is 24.1. The second-order valence-electron chi connectivity index (χ2n) is 10.1. The van der Waals surface area contributed by atoms with Gasteiger partial charge >= 0.3 is 6.97 Å². The van der Waals surface area contributed by atoms with Crippen molar-refractivity contribution in [3.05, 3.63) is 93.8 Å². The molecule has 0 bridgehead atoms. The maximum absolute atomic E-state index is 15.9. The van der Waals surface area contributed by atoms with Crippen molar-refractivity contribution in [2.75, 3.05) is 19.0 Å². The average molecular weight is 532 g/mol. The Bertz CT molecular complexity index is 1660. The number of hydrogen-bond acceptors (Lipinski definition) is 3. The third kappa shape index (κ3) is 3.61. The second-order valence-corrected chi connectivity index (χ2v) is 12.3. The predicted molar refractivity (Wildman–Crippen MR) is 155 cm³/mol. The molecule has 0 fully saturated rings. The van der Waals surface area contributed by atoms with Crippen molar-refractivity contribution in [2.24, 2.45) is 0 Å². The van der Waals surface area contributed by atoms with E-state index in [1.165, 1.54) is 30.0 Å². The Morgan fingerprint density at radius 3 is 2.05 bits per heavy atom. The average Bonchev–Trinajstić information content (AvgIpc) is 3.61. The van der Waals surface area contributed by atoms with Crippen molar-refractivity contribution >= 4 is 46.6 Å². The van der Waals surface area contributed by atoms with Crippen LogP contribution in [-0.2, 0) is 0 Å². The van der Waals surface area contributed by atoms with Crippen molar-refractivity contribution in [3.8, 4) is 20.2 Å². The molecule has 0 amide bonds. The van der Waals surface area contributed by atoms with Gasteiger partial charge in [0.15, 0.2) is 5.70 Å². The number of thiophene rings is 2. The van der Waals surface area contributed by atoms with E-state index in [0.717, 1.165) is 26.5 Å². The largest absolute Gasteiger partial charge is 0.737 e. The maximum atomic E-state index is 15.9. The van der Waals surface area contributed by atoms with E-state index in [2.05, 4.69) is 53.4 Å². The topological polar surface area (TPSA) is 11.2 Å². The molecule has 8 heteroatoms. The first-order valence-corrected chi connectivity index (χ1v) is 14.0. The van der Waals surface area contributed by atoms with Crippen LogP contribution in [0, 0.1) is 13.8 Å². The van der Waals surface area contributed by atoms with Gasteiger partial charge < -0.3 is 22.5 Å². The fraction of sp³-hybridized carbons (Fsp3) is 0.207.